The molecule has 4 rings (SSSR count). The molecule has 0 saturated carbocycles. The monoisotopic (exact) mass is 411 g/mol. The number of carbonyl (C=O) groups excluding carboxylic acids is 2. The number of nitrogens with zero attached hydrogens (tertiary/aromatic N) is 5. The topological polar surface area (TPSA) is 97.6 Å². The summed E-state index contributed by atoms with van der Waals surface area (Å²) in [7, 11) is 0. The van der Waals surface area contributed by atoms with Crippen molar-refractivity contribution in [3.05, 3.63) is 58.0 Å². The predicted octanol–water partition coefficient (Wildman–Crippen LogP) is 0.783. The van der Waals surface area contributed by atoms with Crippen molar-refractivity contribution >= 4 is 11.8 Å². The summed E-state index contributed by atoms with van der Waals surface area (Å²) < 4.78 is 6.74. The number of likely N-dealkylation sites (tertiary alicyclic amines) is 1. The molecule has 1 atom stereocenters. The van der Waals surface area contributed by atoms with Crippen LogP contribution in [0.15, 0.2) is 35.4 Å². The number of morpholine rings is 1. The molecule has 2 aromatic heterocycles. The second kappa shape index (κ2) is 8.74. The van der Waals surface area contributed by atoms with Crippen molar-refractivity contribution in [1.82, 2.24) is 24.3 Å². The number of rotatable bonds is 4. The number of aryl methyl sites for hydroxylation is 1. The maximum Gasteiger partial charge on any atom is 0.257 e. The van der Waals surface area contributed by atoms with E-state index in [9.17, 15) is 14.4 Å². The number of pyridine rings is 1. The van der Waals surface area contributed by atoms with Gasteiger partial charge < -0.3 is 19.1 Å². The predicted molar refractivity (Wildman–Crippen MR) is 108 cm³/mol. The average Bonchev–Trinajstić information content (AvgIpc) is 3.25. The van der Waals surface area contributed by atoms with Crippen molar-refractivity contribution in [3.8, 4) is 0 Å². The van der Waals surface area contributed by atoms with Crippen LogP contribution < -0.4 is 5.56 Å². The number of ether oxygens (including phenoxy) is 1. The van der Waals surface area contributed by atoms with E-state index in [1.165, 1.54) is 10.6 Å². The highest BCUT2D eigenvalue weighted by atomic mass is 16.5. The Morgan fingerprint density at radius 2 is 2.00 bits per heavy atom. The van der Waals surface area contributed by atoms with Gasteiger partial charge >= 0.3 is 0 Å². The number of hydrogen-bond donors (Lipinski definition) is 0. The molecule has 30 heavy (non-hydrogen) atoms. The lowest BCUT2D eigenvalue weighted by atomic mass is 10.0. The van der Waals surface area contributed by atoms with Gasteiger partial charge in [0.15, 0.2) is 0 Å². The molecule has 0 N–H and O–H groups in total. The van der Waals surface area contributed by atoms with E-state index in [0.717, 1.165) is 12.8 Å². The second-order valence-corrected chi connectivity index (χ2v) is 7.53. The zero-order valence-corrected chi connectivity index (χ0v) is 17.0. The minimum atomic E-state index is -0.307. The summed E-state index contributed by atoms with van der Waals surface area (Å²) in [6.45, 7) is 4.37. The van der Waals surface area contributed by atoms with Crippen molar-refractivity contribution < 1.29 is 14.3 Å². The van der Waals surface area contributed by atoms with Crippen LogP contribution in [0.25, 0.3) is 0 Å². The fourth-order valence-corrected chi connectivity index (χ4v) is 4.02. The largest absolute Gasteiger partial charge is 0.378 e. The summed E-state index contributed by atoms with van der Waals surface area (Å²) in [5, 5.41) is 0. The van der Waals surface area contributed by atoms with Crippen LogP contribution in [0.3, 0.4) is 0 Å². The van der Waals surface area contributed by atoms with E-state index in [1.54, 1.807) is 41.2 Å². The van der Waals surface area contributed by atoms with E-state index < -0.39 is 0 Å². The standard InChI is InChI=1S/C21H25N5O4/c1-15-22-13-16(21(29)24-9-11-30-12-10-24)20(23-15)17-5-4-8-26(17)19(28)14-25-7-3-2-6-18(25)27/h2-3,6-7,13,17H,4-5,8-12,14H2,1H3. The van der Waals surface area contributed by atoms with Gasteiger partial charge in [-0.25, -0.2) is 9.97 Å². The van der Waals surface area contributed by atoms with Gasteiger partial charge in [-0.15, -0.1) is 0 Å². The van der Waals surface area contributed by atoms with Crippen LogP contribution in [0.2, 0.25) is 0 Å². The van der Waals surface area contributed by atoms with Gasteiger partial charge in [-0.05, 0) is 25.8 Å². The van der Waals surface area contributed by atoms with Crippen molar-refractivity contribution in [2.45, 2.75) is 32.4 Å². The molecule has 9 heteroatoms. The fraction of sp³-hybridized carbons (Fsp3) is 0.476. The Balaban J connectivity index is 1.61. The average molecular weight is 411 g/mol. The van der Waals surface area contributed by atoms with Crippen molar-refractivity contribution in [3.63, 3.8) is 0 Å². The Bertz CT molecular complexity index is 999. The van der Waals surface area contributed by atoms with Crippen molar-refractivity contribution in [2.24, 2.45) is 0 Å². The summed E-state index contributed by atoms with van der Waals surface area (Å²) in [4.78, 5) is 50.5. The lowest BCUT2D eigenvalue weighted by Crippen LogP contribution is -2.42. The highest BCUT2D eigenvalue weighted by molar-refractivity contribution is 5.95. The van der Waals surface area contributed by atoms with Gasteiger partial charge in [0.1, 0.15) is 12.4 Å². The third-order valence-corrected chi connectivity index (χ3v) is 5.56. The van der Waals surface area contributed by atoms with Crippen LogP contribution >= 0.6 is 0 Å². The van der Waals surface area contributed by atoms with E-state index in [0.29, 0.717) is 49.9 Å². The summed E-state index contributed by atoms with van der Waals surface area (Å²) in [6, 6.07) is 4.50. The number of aromatic nitrogens is 3. The van der Waals surface area contributed by atoms with Crippen molar-refractivity contribution in [1.29, 1.82) is 0 Å². The molecule has 0 aromatic carbocycles. The lowest BCUT2D eigenvalue weighted by Gasteiger charge is -2.29. The van der Waals surface area contributed by atoms with Gasteiger partial charge in [0, 0.05) is 38.1 Å². The number of hydrogen-bond acceptors (Lipinski definition) is 6. The number of carbonyl (C=O) groups is 2. The maximum atomic E-state index is 13.1. The highest BCUT2D eigenvalue weighted by Crippen LogP contribution is 2.33. The van der Waals surface area contributed by atoms with Crippen LogP contribution in [-0.4, -0.2) is 69.0 Å². The molecular formula is C21H25N5O4. The van der Waals surface area contributed by atoms with Gasteiger partial charge in [0.25, 0.3) is 11.5 Å². The van der Waals surface area contributed by atoms with Crippen LogP contribution in [0.1, 0.15) is 40.8 Å². The van der Waals surface area contributed by atoms with Crippen LogP contribution in [0.5, 0.6) is 0 Å². The van der Waals surface area contributed by atoms with Crippen molar-refractivity contribution in [2.75, 3.05) is 32.8 Å². The zero-order chi connectivity index (χ0) is 21.1. The molecule has 2 aliphatic rings. The van der Waals surface area contributed by atoms with E-state index in [4.69, 9.17) is 4.74 Å². The van der Waals surface area contributed by atoms with Crippen LogP contribution in [0.4, 0.5) is 0 Å². The Labute approximate surface area is 174 Å². The summed E-state index contributed by atoms with van der Waals surface area (Å²) >= 11 is 0. The van der Waals surface area contributed by atoms with E-state index in [1.807, 2.05) is 0 Å². The van der Waals surface area contributed by atoms with Gasteiger partial charge in [-0.3, -0.25) is 14.4 Å². The minimum absolute atomic E-state index is 0.0347. The maximum absolute atomic E-state index is 13.1. The molecule has 158 valence electrons. The first kappa shape index (κ1) is 20.2. The molecule has 2 saturated heterocycles. The summed E-state index contributed by atoms with van der Waals surface area (Å²) in [6.07, 6.45) is 4.70. The molecule has 2 aromatic rings. The van der Waals surface area contributed by atoms with Crippen LogP contribution in [0, 0.1) is 6.92 Å². The molecule has 2 aliphatic heterocycles. The van der Waals surface area contributed by atoms with E-state index >= 15 is 0 Å². The number of amides is 2. The molecule has 0 radical (unpaired) electrons. The first-order chi connectivity index (χ1) is 14.5. The molecule has 0 aliphatic carbocycles. The molecular weight excluding hydrogens is 386 g/mol. The third-order valence-electron chi connectivity index (χ3n) is 5.56. The van der Waals surface area contributed by atoms with Gasteiger partial charge in [-0.2, -0.15) is 0 Å². The zero-order valence-electron chi connectivity index (χ0n) is 17.0. The lowest BCUT2D eigenvalue weighted by molar-refractivity contribution is -0.132. The molecule has 0 spiro atoms. The Morgan fingerprint density at radius 3 is 2.77 bits per heavy atom. The van der Waals surface area contributed by atoms with E-state index in [-0.39, 0.29) is 30.0 Å². The summed E-state index contributed by atoms with van der Waals surface area (Å²) in [5.41, 5.74) is 0.803. The Morgan fingerprint density at radius 1 is 1.20 bits per heavy atom. The third kappa shape index (κ3) is 4.11. The van der Waals surface area contributed by atoms with Gasteiger partial charge in [0.2, 0.25) is 5.91 Å². The molecule has 1 unspecified atom stereocenters. The first-order valence-electron chi connectivity index (χ1n) is 10.2. The molecule has 4 heterocycles. The SMILES string of the molecule is Cc1ncc(C(=O)N2CCOCC2)c(C2CCCN2C(=O)Cn2ccccc2=O)n1. The van der Waals surface area contributed by atoms with Crippen LogP contribution in [-0.2, 0) is 16.1 Å². The smallest absolute Gasteiger partial charge is 0.257 e. The summed E-state index contributed by atoms with van der Waals surface area (Å²) in [5.74, 6) is 0.265. The normalized spacial score (nSPS) is 19.2. The first-order valence-corrected chi connectivity index (χ1v) is 10.2. The molecule has 0 bridgehead atoms. The second-order valence-electron chi connectivity index (χ2n) is 7.53. The quantitative estimate of drug-likeness (QED) is 0.738. The van der Waals surface area contributed by atoms with Gasteiger partial charge in [-0.1, -0.05) is 6.07 Å². The van der Waals surface area contributed by atoms with E-state index in [2.05, 4.69) is 9.97 Å². The van der Waals surface area contributed by atoms with Gasteiger partial charge in [0.05, 0.1) is 30.5 Å². The fourth-order valence-electron chi connectivity index (χ4n) is 4.02. The molecule has 9 nitrogen and oxygen atoms in total. The minimum Gasteiger partial charge on any atom is -0.378 e. The molecule has 2 amide bonds. The highest BCUT2D eigenvalue weighted by Gasteiger charge is 2.35. The molecule has 2 fully saturated rings. The Hall–Kier alpha value is -3.07. The Kier molecular flexibility index (Phi) is 5.89.